The summed E-state index contributed by atoms with van der Waals surface area (Å²) in [5, 5.41) is 0. The highest BCUT2D eigenvalue weighted by molar-refractivity contribution is 5.97. The number of amides is 1. The number of hydrogen-bond donors (Lipinski definition) is 1. The Morgan fingerprint density at radius 2 is 2.00 bits per heavy atom. The van der Waals surface area contributed by atoms with Crippen LogP contribution in [0.3, 0.4) is 0 Å². The summed E-state index contributed by atoms with van der Waals surface area (Å²) in [5.41, 5.74) is 8.11. The largest absolute Gasteiger partial charge is 0.398 e. The van der Waals surface area contributed by atoms with Crippen LogP contribution in [0.2, 0.25) is 0 Å². The van der Waals surface area contributed by atoms with Crippen molar-refractivity contribution in [3.63, 3.8) is 0 Å². The van der Waals surface area contributed by atoms with Crippen LogP contribution >= 0.6 is 0 Å². The number of nitrogen functional groups attached to an aromatic ring is 1. The molecule has 0 aliphatic carbocycles. The second-order valence-corrected chi connectivity index (χ2v) is 5.22. The third-order valence-corrected chi connectivity index (χ3v) is 3.37. The molecule has 0 saturated carbocycles. The number of nitrogens with zero attached hydrogens (tertiary/aromatic N) is 2. The first-order valence-corrected chi connectivity index (χ1v) is 6.69. The monoisotopic (exact) mass is 263 g/mol. The van der Waals surface area contributed by atoms with Crippen molar-refractivity contribution in [1.29, 1.82) is 0 Å². The lowest BCUT2D eigenvalue weighted by molar-refractivity contribution is 0.0678. The van der Waals surface area contributed by atoms with E-state index >= 15 is 0 Å². The molecule has 0 saturated heterocycles. The molecular formula is C15H25N3O. The van der Waals surface area contributed by atoms with Crippen LogP contribution in [-0.4, -0.2) is 48.9 Å². The molecule has 0 aromatic heterocycles. The van der Waals surface area contributed by atoms with Gasteiger partial charge in [0, 0.05) is 30.4 Å². The highest BCUT2D eigenvalue weighted by Gasteiger charge is 2.22. The summed E-state index contributed by atoms with van der Waals surface area (Å²) in [6.07, 6.45) is 0. The molecule has 4 heteroatoms. The van der Waals surface area contributed by atoms with Crippen molar-refractivity contribution in [2.45, 2.75) is 26.8 Å². The van der Waals surface area contributed by atoms with Gasteiger partial charge < -0.3 is 15.5 Å². The number of anilines is 1. The van der Waals surface area contributed by atoms with Crippen molar-refractivity contribution in [2.24, 2.45) is 0 Å². The fourth-order valence-corrected chi connectivity index (χ4v) is 2.32. The predicted molar refractivity (Wildman–Crippen MR) is 80.3 cm³/mol. The minimum absolute atomic E-state index is 0.0571. The number of nitrogens with two attached hydrogens (primary N) is 1. The van der Waals surface area contributed by atoms with Crippen molar-refractivity contribution in [3.05, 3.63) is 29.3 Å². The first-order chi connectivity index (χ1) is 8.88. The van der Waals surface area contributed by atoms with Crippen molar-refractivity contribution in [2.75, 3.05) is 32.9 Å². The molecule has 4 nitrogen and oxygen atoms in total. The lowest BCUT2D eigenvalue weighted by Gasteiger charge is -2.30. The van der Waals surface area contributed by atoms with Gasteiger partial charge in [-0.15, -0.1) is 0 Å². The molecular weight excluding hydrogens is 238 g/mol. The second-order valence-electron chi connectivity index (χ2n) is 5.22. The van der Waals surface area contributed by atoms with Gasteiger partial charge in [0.1, 0.15) is 0 Å². The zero-order chi connectivity index (χ0) is 14.6. The molecule has 19 heavy (non-hydrogen) atoms. The quantitative estimate of drug-likeness (QED) is 0.827. The molecule has 1 rings (SSSR count). The van der Waals surface area contributed by atoms with E-state index in [1.165, 1.54) is 0 Å². The Balaban J connectivity index is 2.98. The fourth-order valence-electron chi connectivity index (χ4n) is 2.32. The zero-order valence-electron chi connectivity index (χ0n) is 12.6. The van der Waals surface area contributed by atoms with E-state index in [4.69, 9.17) is 5.73 Å². The number of hydrogen-bond acceptors (Lipinski definition) is 3. The SMILES string of the molecule is CCN(C(=O)c1cccc(N)c1C)C(C)CN(C)C. The second kappa shape index (κ2) is 6.57. The molecule has 0 radical (unpaired) electrons. The van der Waals surface area contributed by atoms with Gasteiger partial charge in [-0.3, -0.25) is 4.79 Å². The van der Waals surface area contributed by atoms with Gasteiger partial charge in [-0.2, -0.15) is 0 Å². The number of likely N-dealkylation sites (N-methyl/N-ethyl adjacent to an activating group) is 2. The molecule has 2 N–H and O–H groups in total. The summed E-state index contributed by atoms with van der Waals surface area (Å²) >= 11 is 0. The lowest BCUT2D eigenvalue weighted by Crippen LogP contribution is -2.44. The van der Waals surface area contributed by atoms with Gasteiger partial charge >= 0.3 is 0 Å². The number of benzene rings is 1. The van der Waals surface area contributed by atoms with Crippen LogP contribution in [0, 0.1) is 6.92 Å². The van der Waals surface area contributed by atoms with Crippen molar-refractivity contribution in [1.82, 2.24) is 9.80 Å². The maximum absolute atomic E-state index is 12.6. The number of rotatable bonds is 5. The number of carbonyl (C=O) groups is 1. The summed E-state index contributed by atoms with van der Waals surface area (Å²) in [7, 11) is 4.03. The van der Waals surface area contributed by atoms with Gasteiger partial charge in [0.2, 0.25) is 0 Å². The summed E-state index contributed by atoms with van der Waals surface area (Å²) in [5.74, 6) is 0.0571. The molecule has 1 unspecified atom stereocenters. The van der Waals surface area contributed by atoms with Gasteiger partial charge in [0.05, 0.1) is 0 Å². The van der Waals surface area contributed by atoms with Gasteiger partial charge in [-0.05, 0) is 52.6 Å². The van der Waals surface area contributed by atoms with Gasteiger partial charge in [0.15, 0.2) is 0 Å². The Labute approximate surface area is 116 Å². The summed E-state index contributed by atoms with van der Waals surface area (Å²) in [6, 6.07) is 5.68. The molecule has 1 aromatic carbocycles. The Morgan fingerprint density at radius 3 is 2.53 bits per heavy atom. The molecule has 0 bridgehead atoms. The lowest BCUT2D eigenvalue weighted by atomic mass is 10.0. The molecule has 1 atom stereocenters. The molecule has 0 aliphatic heterocycles. The predicted octanol–water partition coefficient (Wildman–Crippen LogP) is 1.99. The fraction of sp³-hybridized carbons (Fsp3) is 0.533. The molecule has 0 aliphatic rings. The smallest absolute Gasteiger partial charge is 0.254 e. The highest BCUT2D eigenvalue weighted by atomic mass is 16.2. The van der Waals surface area contributed by atoms with Crippen LogP contribution in [0.5, 0.6) is 0 Å². The van der Waals surface area contributed by atoms with Crippen LogP contribution in [-0.2, 0) is 0 Å². The Morgan fingerprint density at radius 1 is 1.37 bits per heavy atom. The van der Waals surface area contributed by atoms with E-state index in [1.54, 1.807) is 0 Å². The summed E-state index contributed by atoms with van der Waals surface area (Å²) in [4.78, 5) is 16.6. The maximum Gasteiger partial charge on any atom is 0.254 e. The molecule has 106 valence electrons. The van der Waals surface area contributed by atoms with E-state index in [2.05, 4.69) is 11.8 Å². The molecule has 0 fully saturated rings. The van der Waals surface area contributed by atoms with Crippen molar-refractivity contribution >= 4 is 11.6 Å². The van der Waals surface area contributed by atoms with Gasteiger partial charge in [-0.25, -0.2) is 0 Å². The third-order valence-electron chi connectivity index (χ3n) is 3.37. The highest BCUT2D eigenvalue weighted by Crippen LogP contribution is 2.18. The molecule has 1 amide bonds. The van der Waals surface area contributed by atoms with Gasteiger partial charge in [0.25, 0.3) is 5.91 Å². The first kappa shape index (κ1) is 15.5. The molecule has 1 aromatic rings. The third kappa shape index (κ3) is 3.70. The van der Waals surface area contributed by atoms with E-state index in [-0.39, 0.29) is 11.9 Å². The van der Waals surface area contributed by atoms with Crippen molar-refractivity contribution < 1.29 is 4.79 Å². The molecule has 0 heterocycles. The van der Waals surface area contributed by atoms with Crippen LogP contribution in [0.1, 0.15) is 29.8 Å². The van der Waals surface area contributed by atoms with Crippen molar-refractivity contribution in [3.8, 4) is 0 Å². The van der Waals surface area contributed by atoms with E-state index in [1.807, 2.05) is 51.0 Å². The van der Waals surface area contributed by atoms with Crippen LogP contribution in [0.4, 0.5) is 5.69 Å². The summed E-state index contributed by atoms with van der Waals surface area (Å²) < 4.78 is 0. The normalized spacial score (nSPS) is 12.5. The minimum Gasteiger partial charge on any atom is -0.398 e. The Kier molecular flexibility index (Phi) is 5.36. The standard InChI is InChI=1S/C15H25N3O/c1-6-18(11(2)10-17(4)5)15(19)13-8-7-9-14(16)12(13)3/h7-9,11H,6,10,16H2,1-5H3. The first-order valence-electron chi connectivity index (χ1n) is 6.69. The Hall–Kier alpha value is -1.55. The van der Waals surface area contributed by atoms with Crippen LogP contribution in [0.15, 0.2) is 18.2 Å². The average molecular weight is 263 g/mol. The Bertz CT molecular complexity index is 443. The van der Waals surface area contributed by atoms with E-state index < -0.39 is 0 Å². The average Bonchev–Trinajstić information content (AvgIpc) is 2.32. The zero-order valence-corrected chi connectivity index (χ0v) is 12.6. The van der Waals surface area contributed by atoms with Crippen LogP contribution < -0.4 is 5.73 Å². The topological polar surface area (TPSA) is 49.6 Å². The maximum atomic E-state index is 12.6. The van der Waals surface area contributed by atoms with Crippen LogP contribution in [0.25, 0.3) is 0 Å². The van der Waals surface area contributed by atoms with Gasteiger partial charge in [-0.1, -0.05) is 6.07 Å². The van der Waals surface area contributed by atoms with E-state index in [9.17, 15) is 4.79 Å². The number of carbonyl (C=O) groups excluding carboxylic acids is 1. The summed E-state index contributed by atoms with van der Waals surface area (Å²) in [6.45, 7) is 7.52. The minimum atomic E-state index is 0.0571. The van der Waals surface area contributed by atoms with E-state index in [0.29, 0.717) is 17.8 Å². The van der Waals surface area contributed by atoms with E-state index in [0.717, 1.165) is 12.1 Å². The molecule has 0 spiro atoms.